The Morgan fingerprint density at radius 2 is 2.00 bits per heavy atom. The molecule has 0 aliphatic heterocycles. The zero-order chi connectivity index (χ0) is 12.5. The first-order valence-corrected chi connectivity index (χ1v) is 6.72. The minimum Gasteiger partial charge on any atom is -0.323 e. The van der Waals surface area contributed by atoms with E-state index in [2.05, 4.69) is 55.5 Å². The number of hydrogen-bond acceptors (Lipinski definition) is 1. The van der Waals surface area contributed by atoms with Gasteiger partial charge < -0.3 is 5.73 Å². The van der Waals surface area contributed by atoms with E-state index in [1.54, 1.807) is 0 Å². The highest BCUT2D eigenvalue weighted by Gasteiger charge is 2.31. The molecule has 2 unspecified atom stereocenters. The third kappa shape index (κ3) is 1.85. The quantitative estimate of drug-likeness (QED) is 0.867. The first-order valence-electron chi connectivity index (χ1n) is 6.72. The van der Waals surface area contributed by atoms with Crippen molar-refractivity contribution in [3.63, 3.8) is 0 Å². The molecule has 1 aliphatic rings. The zero-order valence-corrected chi connectivity index (χ0v) is 10.8. The highest BCUT2D eigenvalue weighted by molar-refractivity contribution is 5.43. The van der Waals surface area contributed by atoms with Crippen LogP contribution in [0.1, 0.15) is 41.1 Å². The van der Waals surface area contributed by atoms with Crippen LogP contribution in [0.15, 0.2) is 48.5 Å². The molecule has 2 aromatic carbocycles. The third-order valence-electron chi connectivity index (χ3n) is 4.07. The minimum atomic E-state index is 0.131. The van der Waals surface area contributed by atoms with Crippen LogP contribution in [-0.2, 0) is 12.8 Å². The molecule has 0 spiro atoms. The average Bonchev–Trinajstić information content (AvgIpc) is 2.40. The Morgan fingerprint density at radius 3 is 2.78 bits per heavy atom. The van der Waals surface area contributed by atoms with Gasteiger partial charge in [0.2, 0.25) is 0 Å². The van der Waals surface area contributed by atoms with Crippen LogP contribution >= 0.6 is 0 Å². The molecule has 1 heteroatoms. The fraction of sp³-hybridized carbons (Fsp3) is 0.294. The molecular weight excluding hydrogens is 218 g/mol. The van der Waals surface area contributed by atoms with Crippen LogP contribution in [0.25, 0.3) is 0 Å². The van der Waals surface area contributed by atoms with Gasteiger partial charge >= 0.3 is 0 Å². The molecule has 0 bridgehead atoms. The van der Waals surface area contributed by atoms with Crippen molar-refractivity contribution in [2.24, 2.45) is 5.73 Å². The number of nitrogens with two attached hydrogens (primary N) is 1. The van der Waals surface area contributed by atoms with Crippen LogP contribution in [-0.4, -0.2) is 0 Å². The molecule has 92 valence electrons. The normalized spacial score (nSPS) is 18.9. The summed E-state index contributed by atoms with van der Waals surface area (Å²) in [5.41, 5.74) is 12.0. The van der Waals surface area contributed by atoms with Crippen LogP contribution in [0, 0.1) is 0 Å². The van der Waals surface area contributed by atoms with Gasteiger partial charge in [-0.15, -0.1) is 0 Å². The second kappa shape index (κ2) is 4.58. The topological polar surface area (TPSA) is 26.0 Å². The molecule has 0 heterocycles. The summed E-state index contributed by atoms with van der Waals surface area (Å²) < 4.78 is 0. The van der Waals surface area contributed by atoms with Gasteiger partial charge in [-0.3, -0.25) is 0 Å². The van der Waals surface area contributed by atoms with Crippen LogP contribution in [0.5, 0.6) is 0 Å². The van der Waals surface area contributed by atoms with E-state index >= 15 is 0 Å². The molecule has 2 atom stereocenters. The lowest BCUT2D eigenvalue weighted by Gasteiger charge is -2.35. The summed E-state index contributed by atoms with van der Waals surface area (Å²) in [6, 6.07) is 17.5. The minimum absolute atomic E-state index is 0.131. The molecule has 2 N–H and O–H groups in total. The van der Waals surface area contributed by atoms with Crippen LogP contribution in [0.2, 0.25) is 0 Å². The predicted molar refractivity (Wildman–Crippen MR) is 75.6 cm³/mol. The highest BCUT2D eigenvalue weighted by atomic mass is 14.7. The molecule has 2 aromatic rings. The van der Waals surface area contributed by atoms with E-state index in [-0.39, 0.29) is 6.04 Å². The summed E-state index contributed by atoms with van der Waals surface area (Å²) in [5.74, 6) is 0.494. The third-order valence-corrected chi connectivity index (χ3v) is 4.07. The number of hydrogen-bond donors (Lipinski definition) is 1. The monoisotopic (exact) mass is 237 g/mol. The van der Waals surface area contributed by atoms with E-state index in [1.807, 2.05) is 0 Å². The Morgan fingerprint density at radius 1 is 1.17 bits per heavy atom. The van der Waals surface area contributed by atoms with Crippen molar-refractivity contribution in [3.8, 4) is 0 Å². The smallest absolute Gasteiger partial charge is 0.0367 e. The molecule has 0 saturated carbocycles. The average molecular weight is 237 g/mol. The fourth-order valence-corrected chi connectivity index (χ4v) is 2.87. The number of fused-ring (bicyclic) bond motifs is 1. The van der Waals surface area contributed by atoms with Crippen LogP contribution < -0.4 is 5.73 Å². The van der Waals surface area contributed by atoms with Crippen molar-refractivity contribution >= 4 is 0 Å². The summed E-state index contributed by atoms with van der Waals surface area (Å²) in [6.07, 6.45) is 2.19. The lowest BCUT2D eigenvalue weighted by molar-refractivity contribution is 0.500. The fourth-order valence-electron chi connectivity index (χ4n) is 2.87. The lowest BCUT2D eigenvalue weighted by atomic mass is 9.72. The van der Waals surface area contributed by atoms with Crippen molar-refractivity contribution in [1.82, 2.24) is 0 Å². The standard InChI is InChI=1S/C17H19N/c1-2-12-6-5-8-14(10-12)17(18)16-11-13-7-3-4-9-15(13)16/h3-10,16-17H,2,11,18H2,1H3. The zero-order valence-electron chi connectivity index (χ0n) is 10.8. The first kappa shape index (κ1) is 11.5. The Hall–Kier alpha value is -1.60. The predicted octanol–water partition coefficient (Wildman–Crippen LogP) is 3.59. The summed E-state index contributed by atoms with van der Waals surface area (Å²) in [4.78, 5) is 0. The molecule has 3 rings (SSSR count). The second-order valence-electron chi connectivity index (χ2n) is 5.13. The van der Waals surface area contributed by atoms with E-state index < -0.39 is 0 Å². The summed E-state index contributed by atoms with van der Waals surface area (Å²) in [6.45, 7) is 2.18. The first-order chi connectivity index (χ1) is 8.79. The maximum atomic E-state index is 6.44. The van der Waals surface area contributed by atoms with Crippen molar-refractivity contribution in [1.29, 1.82) is 0 Å². The Labute approximate surface area is 109 Å². The Kier molecular flexibility index (Phi) is 2.92. The molecule has 0 amide bonds. The van der Waals surface area contributed by atoms with E-state index in [0.717, 1.165) is 12.8 Å². The van der Waals surface area contributed by atoms with Gasteiger partial charge in [0, 0.05) is 12.0 Å². The van der Waals surface area contributed by atoms with Gasteiger partial charge in [-0.25, -0.2) is 0 Å². The van der Waals surface area contributed by atoms with Gasteiger partial charge in [-0.1, -0.05) is 55.5 Å². The SMILES string of the molecule is CCc1cccc(C(N)C2Cc3ccccc32)c1. The molecule has 0 aromatic heterocycles. The van der Waals surface area contributed by atoms with E-state index in [0.29, 0.717) is 5.92 Å². The van der Waals surface area contributed by atoms with Gasteiger partial charge in [0.15, 0.2) is 0 Å². The maximum Gasteiger partial charge on any atom is 0.0367 e. The molecule has 0 fully saturated rings. The molecule has 1 aliphatic carbocycles. The van der Waals surface area contributed by atoms with E-state index in [4.69, 9.17) is 5.73 Å². The Balaban J connectivity index is 1.86. The maximum absolute atomic E-state index is 6.44. The van der Waals surface area contributed by atoms with Crippen molar-refractivity contribution < 1.29 is 0 Å². The molecule has 18 heavy (non-hydrogen) atoms. The molecule has 0 radical (unpaired) electrons. The van der Waals surface area contributed by atoms with Crippen LogP contribution in [0.3, 0.4) is 0 Å². The number of aryl methyl sites for hydroxylation is 1. The van der Waals surface area contributed by atoms with E-state index in [1.165, 1.54) is 22.3 Å². The second-order valence-corrected chi connectivity index (χ2v) is 5.13. The lowest BCUT2D eigenvalue weighted by Crippen LogP contribution is -2.28. The van der Waals surface area contributed by atoms with Gasteiger partial charge in [-0.2, -0.15) is 0 Å². The van der Waals surface area contributed by atoms with Gasteiger partial charge in [0.1, 0.15) is 0 Å². The van der Waals surface area contributed by atoms with Gasteiger partial charge in [0.25, 0.3) is 0 Å². The molecule has 0 saturated heterocycles. The molecular formula is C17H19N. The van der Waals surface area contributed by atoms with Crippen molar-refractivity contribution in [2.45, 2.75) is 31.7 Å². The van der Waals surface area contributed by atoms with Crippen molar-refractivity contribution in [2.75, 3.05) is 0 Å². The molecule has 1 nitrogen and oxygen atoms in total. The summed E-state index contributed by atoms with van der Waals surface area (Å²) in [5, 5.41) is 0. The van der Waals surface area contributed by atoms with E-state index in [9.17, 15) is 0 Å². The van der Waals surface area contributed by atoms with Crippen molar-refractivity contribution in [3.05, 3.63) is 70.8 Å². The largest absolute Gasteiger partial charge is 0.323 e. The summed E-state index contributed by atoms with van der Waals surface area (Å²) in [7, 11) is 0. The Bertz CT molecular complexity index is 559. The highest BCUT2D eigenvalue weighted by Crippen LogP contribution is 2.42. The van der Waals surface area contributed by atoms with Gasteiger partial charge in [-0.05, 0) is 35.1 Å². The van der Waals surface area contributed by atoms with Crippen LogP contribution in [0.4, 0.5) is 0 Å². The summed E-state index contributed by atoms with van der Waals surface area (Å²) >= 11 is 0. The number of benzene rings is 2. The number of rotatable bonds is 3. The van der Waals surface area contributed by atoms with Gasteiger partial charge in [0.05, 0.1) is 0 Å².